The summed E-state index contributed by atoms with van der Waals surface area (Å²) < 4.78 is 5.69. The lowest BCUT2D eigenvalue weighted by molar-refractivity contribution is -0.132. The predicted octanol–water partition coefficient (Wildman–Crippen LogP) is 4.63. The number of benzene rings is 3. The van der Waals surface area contributed by atoms with Gasteiger partial charge in [0.1, 0.15) is 17.3 Å². The van der Waals surface area contributed by atoms with Crippen LogP contribution in [0.15, 0.2) is 72.3 Å². The largest absolute Gasteiger partial charge is 0.508 e. The average molecular weight is 528 g/mol. The Hall–Kier alpha value is -5.12. The number of carboxylic acids is 1. The van der Waals surface area contributed by atoms with Gasteiger partial charge in [-0.3, -0.25) is 14.5 Å². The third-order valence-corrected chi connectivity index (χ3v) is 6.31. The number of rotatable bonds is 7. The number of H-pyrrole nitrogens is 1. The van der Waals surface area contributed by atoms with Crippen molar-refractivity contribution in [1.29, 1.82) is 0 Å². The third kappa shape index (κ3) is 4.79. The number of carboxylic acid groups (broad SMARTS) is 1. The third-order valence-electron chi connectivity index (χ3n) is 6.31. The fraction of sp³-hybridized carbons (Fsp3) is 0.172. The van der Waals surface area contributed by atoms with Gasteiger partial charge in [-0.15, -0.1) is 0 Å². The fourth-order valence-electron chi connectivity index (χ4n) is 4.39. The second-order valence-corrected chi connectivity index (χ2v) is 9.59. The molecule has 10 heteroatoms. The highest BCUT2D eigenvalue weighted by Crippen LogP contribution is 2.42. The van der Waals surface area contributed by atoms with Gasteiger partial charge in [-0.1, -0.05) is 26.0 Å². The zero-order valence-corrected chi connectivity index (χ0v) is 21.1. The van der Waals surface area contributed by atoms with Gasteiger partial charge in [0.25, 0.3) is 5.78 Å². The molecule has 10 nitrogen and oxygen atoms in total. The quantitative estimate of drug-likeness (QED) is 0.154. The van der Waals surface area contributed by atoms with Crippen molar-refractivity contribution in [2.75, 3.05) is 11.5 Å². The molecule has 39 heavy (non-hydrogen) atoms. The molecule has 0 bridgehead atoms. The maximum Gasteiger partial charge on any atom is 0.335 e. The molecular weight excluding hydrogens is 502 g/mol. The van der Waals surface area contributed by atoms with Crippen LogP contribution in [0.4, 0.5) is 5.95 Å². The number of fused-ring (bicyclic) bond motifs is 1. The number of phenols is 1. The lowest BCUT2D eigenvalue weighted by atomic mass is 9.95. The van der Waals surface area contributed by atoms with Crippen LogP contribution in [0.2, 0.25) is 0 Å². The van der Waals surface area contributed by atoms with E-state index >= 15 is 0 Å². The van der Waals surface area contributed by atoms with Crippen molar-refractivity contribution in [3.8, 4) is 11.5 Å². The topological polar surface area (TPSA) is 153 Å². The van der Waals surface area contributed by atoms with Gasteiger partial charge >= 0.3 is 11.9 Å². The number of nitrogens with one attached hydrogen (secondary N) is 1. The van der Waals surface area contributed by atoms with E-state index in [1.807, 2.05) is 13.8 Å². The standard InChI is InChI=1S/C29H25N3O7/c1-15(2)14-39-20-10-5-17(6-11-20)25(34)23-24(16-3-8-19(33)9-4-16)32(27(36)26(23)35)29-30-21-12-7-18(28(37)38)13-22(21)31-29/h3-13,15,24,33-34H,14H2,1-2H3,(H,30,31)(H,37,38)/b25-23+. The molecule has 3 aromatic carbocycles. The molecule has 4 N–H and O–H groups in total. The highest BCUT2D eigenvalue weighted by Gasteiger charge is 2.48. The summed E-state index contributed by atoms with van der Waals surface area (Å²) in [5.41, 5.74) is 1.36. The van der Waals surface area contributed by atoms with E-state index in [4.69, 9.17) is 4.74 Å². The average Bonchev–Trinajstić information content (AvgIpc) is 3.45. The Balaban J connectivity index is 1.62. The number of aliphatic hydroxyl groups is 1. The van der Waals surface area contributed by atoms with Gasteiger partial charge in [0.15, 0.2) is 0 Å². The van der Waals surface area contributed by atoms with Crippen LogP contribution in [-0.2, 0) is 9.59 Å². The smallest absolute Gasteiger partial charge is 0.335 e. The first-order valence-corrected chi connectivity index (χ1v) is 12.2. The molecule has 1 aromatic heterocycles. The summed E-state index contributed by atoms with van der Waals surface area (Å²) in [6.45, 7) is 4.56. The summed E-state index contributed by atoms with van der Waals surface area (Å²) >= 11 is 0. The minimum Gasteiger partial charge on any atom is -0.508 e. The number of imidazole rings is 1. The summed E-state index contributed by atoms with van der Waals surface area (Å²) in [6, 6.07) is 15.6. The van der Waals surface area contributed by atoms with Crippen LogP contribution in [0.3, 0.4) is 0 Å². The first kappa shape index (κ1) is 25.5. The first-order valence-electron chi connectivity index (χ1n) is 12.2. The van der Waals surface area contributed by atoms with Crippen molar-refractivity contribution in [2.45, 2.75) is 19.9 Å². The van der Waals surface area contributed by atoms with Gasteiger partial charge in [-0.25, -0.2) is 9.78 Å². The van der Waals surface area contributed by atoms with E-state index < -0.39 is 23.7 Å². The van der Waals surface area contributed by atoms with E-state index in [0.29, 0.717) is 40.4 Å². The summed E-state index contributed by atoms with van der Waals surface area (Å²) in [5.74, 6) is -2.44. The number of carbonyl (C=O) groups excluding carboxylic acids is 2. The van der Waals surface area contributed by atoms with Crippen LogP contribution in [0.5, 0.6) is 11.5 Å². The van der Waals surface area contributed by atoms with Crippen molar-refractivity contribution < 1.29 is 34.4 Å². The van der Waals surface area contributed by atoms with Gasteiger partial charge < -0.3 is 25.0 Å². The van der Waals surface area contributed by atoms with Crippen LogP contribution in [0.25, 0.3) is 16.8 Å². The number of aromatic hydroxyl groups is 1. The molecule has 1 atom stereocenters. The number of aromatic carboxylic acids is 1. The number of Topliss-reactive ketones (excluding diaryl/α,β-unsaturated/α-hetero) is 1. The number of ketones is 1. The second-order valence-electron chi connectivity index (χ2n) is 9.59. The molecular formula is C29H25N3O7. The summed E-state index contributed by atoms with van der Waals surface area (Å²) in [4.78, 5) is 46.6. The SMILES string of the molecule is CC(C)COc1ccc(/C(O)=C2\C(=O)C(=O)N(c3nc4ccc(C(=O)O)cc4[nH]3)C2c2ccc(O)cc2)cc1. The molecule has 0 radical (unpaired) electrons. The summed E-state index contributed by atoms with van der Waals surface area (Å²) in [5, 5.41) is 30.4. The predicted molar refractivity (Wildman–Crippen MR) is 143 cm³/mol. The van der Waals surface area contributed by atoms with Gasteiger partial charge in [0.2, 0.25) is 5.95 Å². The van der Waals surface area contributed by atoms with Gasteiger partial charge in [-0.2, -0.15) is 0 Å². The summed E-state index contributed by atoms with van der Waals surface area (Å²) in [7, 11) is 0. The number of hydrogen-bond acceptors (Lipinski definition) is 7. The van der Waals surface area contributed by atoms with E-state index in [9.17, 15) is 29.7 Å². The molecule has 5 rings (SSSR count). The number of amides is 1. The molecule has 4 aromatic rings. The Morgan fingerprint density at radius 3 is 2.31 bits per heavy atom. The number of carbonyl (C=O) groups is 3. The molecule has 198 valence electrons. The van der Waals surface area contributed by atoms with E-state index in [1.54, 1.807) is 36.4 Å². The van der Waals surface area contributed by atoms with Crippen LogP contribution in [0, 0.1) is 5.92 Å². The van der Waals surface area contributed by atoms with Gasteiger partial charge in [0.05, 0.1) is 34.8 Å². The Morgan fingerprint density at radius 2 is 1.67 bits per heavy atom. The van der Waals surface area contributed by atoms with E-state index in [2.05, 4.69) is 9.97 Å². The van der Waals surface area contributed by atoms with E-state index in [1.165, 1.54) is 30.3 Å². The Kier molecular flexibility index (Phi) is 6.53. The fourth-order valence-corrected chi connectivity index (χ4v) is 4.39. The Labute approximate surface area is 222 Å². The number of ether oxygens (including phenoxy) is 1. The lowest BCUT2D eigenvalue weighted by Crippen LogP contribution is -2.30. The highest BCUT2D eigenvalue weighted by molar-refractivity contribution is 6.51. The molecule has 2 heterocycles. The normalized spacial score (nSPS) is 16.8. The number of anilines is 1. The number of nitrogens with zero attached hydrogens (tertiary/aromatic N) is 2. The van der Waals surface area contributed by atoms with Crippen molar-refractivity contribution in [3.05, 3.63) is 89.0 Å². The van der Waals surface area contributed by atoms with Crippen LogP contribution >= 0.6 is 0 Å². The molecule has 1 unspecified atom stereocenters. The number of aliphatic hydroxyl groups excluding tert-OH is 1. The molecule has 0 spiro atoms. The molecule has 0 aliphatic carbocycles. The molecule has 1 aliphatic heterocycles. The lowest BCUT2D eigenvalue weighted by Gasteiger charge is -2.23. The monoisotopic (exact) mass is 527 g/mol. The van der Waals surface area contributed by atoms with Gasteiger partial charge in [-0.05, 0) is 66.1 Å². The van der Waals surface area contributed by atoms with E-state index in [0.717, 1.165) is 4.90 Å². The van der Waals surface area contributed by atoms with Crippen molar-refractivity contribution in [2.24, 2.45) is 5.92 Å². The maximum atomic E-state index is 13.4. The highest BCUT2D eigenvalue weighted by atomic mass is 16.5. The second kappa shape index (κ2) is 9.97. The van der Waals surface area contributed by atoms with Crippen molar-refractivity contribution in [3.63, 3.8) is 0 Å². The van der Waals surface area contributed by atoms with Gasteiger partial charge in [0, 0.05) is 5.56 Å². The van der Waals surface area contributed by atoms with Crippen molar-refractivity contribution in [1.82, 2.24) is 9.97 Å². The molecule has 1 saturated heterocycles. The maximum absolute atomic E-state index is 13.4. The number of aromatic amines is 1. The van der Waals surface area contributed by atoms with Crippen LogP contribution < -0.4 is 9.64 Å². The molecule has 1 aliphatic rings. The minimum atomic E-state index is -1.13. The van der Waals surface area contributed by atoms with Crippen molar-refractivity contribution >= 4 is 40.4 Å². The Bertz CT molecular complexity index is 1620. The van der Waals surface area contributed by atoms with E-state index in [-0.39, 0.29) is 28.6 Å². The number of hydrogen-bond donors (Lipinski definition) is 4. The number of aromatic nitrogens is 2. The molecule has 1 amide bonds. The van der Waals surface area contributed by atoms with Crippen LogP contribution in [0.1, 0.15) is 41.4 Å². The molecule has 0 saturated carbocycles. The van der Waals surface area contributed by atoms with Crippen LogP contribution in [-0.4, -0.2) is 49.6 Å². The zero-order valence-electron chi connectivity index (χ0n) is 21.1. The first-order chi connectivity index (χ1) is 18.6. The zero-order chi connectivity index (χ0) is 27.8. The Morgan fingerprint density at radius 1 is 1.00 bits per heavy atom. The minimum absolute atomic E-state index is 0.00389. The summed E-state index contributed by atoms with van der Waals surface area (Å²) in [6.07, 6.45) is 0. The number of phenolic OH excluding ortho intramolecular Hbond substituents is 1. The molecule has 1 fully saturated rings.